The molecule has 6 atom stereocenters. The second kappa shape index (κ2) is 5.44. The van der Waals surface area contributed by atoms with Gasteiger partial charge in [-0.1, -0.05) is 25.8 Å². The van der Waals surface area contributed by atoms with Crippen molar-refractivity contribution in [2.75, 3.05) is 0 Å². The predicted molar refractivity (Wildman–Crippen MR) is 92.0 cm³/mol. The molecule has 2 heteroatoms. The number of carbonyl (C=O) groups is 1. The average Bonchev–Trinajstić information content (AvgIpc) is 2.86. The first-order valence-electron chi connectivity index (χ1n) is 9.93. The highest BCUT2D eigenvalue weighted by atomic mass is 16.3. The molecule has 0 amide bonds. The Morgan fingerprint density at radius 2 is 1.96 bits per heavy atom. The van der Waals surface area contributed by atoms with Crippen LogP contribution in [0.4, 0.5) is 0 Å². The van der Waals surface area contributed by atoms with Gasteiger partial charge in [0, 0.05) is 6.42 Å². The molecule has 128 valence electrons. The van der Waals surface area contributed by atoms with Crippen molar-refractivity contribution in [1.82, 2.24) is 0 Å². The summed E-state index contributed by atoms with van der Waals surface area (Å²) in [6.45, 7) is 4.72. The molecule has 4 aliphatic rings. The Labute approximate surface area is 140 Å². The molecule has 0 bridgehead atoms. The number of hydrogen-bond donors (Lipinski definition) is 1. The fraction of sp³-hybridized carbons (Fsp3) is 0.857. The van der Waals surface area contributed by atoms with Gasteiger partial charge in [-0.15, -0.1) is 0 Å². The van der Waals surface area contributed by atoms with Crippen LogP contribution in [0.25, 0.3) is 0 Å². The van der Waals surface area contributed by atoms with E-state index < -0.39 is 0 Å². The molecular weight excluding hydrogens is 284 g/mol. The summed E-state index contributed by atoms with van der Waals surface area (Å²) < 4.78 is 0. The van der Waals surface area contributed by atoms with Crippen LogP contribution in [0.2, 0.25) is 0 Å². The van der Waals surface area contributed by atoms with Crippen molar-refractivity contribution in [3.63, 3.8) is 0 Å². The Morgan fingerprint density at radius 1 is 1.13 bits per heavy atom. The highest BCUT2D eigenvalue weighted by Crippen LogP contribution is 2.66. The first kappa shape index (κ1) is 15.9. The zero-order valence-electron chi connectivity index (χ0n) is 14.8. The van der Waals surface area contributed by atoms with Crippen LogP contribution in [-0.4, -0.2) is 17.0 Å². The number of aliphatic hydroxyl groups is 1. The Balaban J connectivity index is 1.67. The van der Waals surface area contributed by atoms with Gasteiger partial charge in [0.15, 0.2) is 5.78 Å². The van der Waals surface area contributed by atoms with Crippen molar-refractivity contribution < 1.29 is 9.90 Å². The molecule has 3 fully saturated rings. The first-order valence-corrected chi connectivity index (χ1v) is 9.93. The Bertz CT molecular complexity index is 536. The zero-order chi connectivity index (χ0) is 16.2. The SMILES string of the molecule is CCC[C@]12CC[C@H]3[C@@H](CCC4=CC(=O)CC[C@@]43C)[C@@H]1CC[C@@H]2O. The topological polar surface area (TPSA) is 37.3 Å². The van der Waals surface area contributed by atoms with E-state index in [1.165, 1.54) is 44.1 Å². The molecule has 2 nitrogen and oxygen atoms in total. The minimum atomic E-state index is -0.0638. The largest absolute Gasteiger partial charge is 0.393 e. The van der Waals surface area contributed by atoms with Gasteiger partial charge in [0.2, 0.25) is 0 Å². The lowest BCUT2D eigenvalue weighted by molar-refractivity contribution is -0.118. The lowest BCUT2D eigenvalue weighted by atomic mass is 9.46. The number of rotatable bonds is 2. The molecule has 0 aromatic rings. The molecule has 0 spiro atoms. The fourth-order valence-corrected chi connectivity index (χ4v) is 7.28. The van der Waals surface area contributed by atoms with Crippen molar-refractivity contribution >= 4 is 5.78 Å². The number of aliphatic hydroxyl groups excluding tert-OH is 1. The van der Waals surface area contributed by atoms with Crippen molar-refractivity contribution in [2.45, 2.75) is 84.2 Å². The standard InChI is InChI=1S/C21H32O2/c1-3-10-21-12-9-17-16(18(21)6-7-19(21)23)5-4-14-13-15(22)8-11-20(14,17)2/h13,16-19,23H,3-12H2,1-2H3/t16-,17+,18+,19+,20+,21+/m1/s1. The molecule has 0 aromatic carbocycles. The van der Waals surface area contributed by atoms with E-state index in [-0.39, 0.29) is 16.9 Å². The summed E-state index contributed by atoms with van der Waals surface area (Å²) in [4.78, 5) is 11.9. The lowest BCUT2D eigenvalue weighted by Crippen LogP contribution is -2.52. The normalized spacial score (nSPS) is 49.2. The second-order valence-electron chi connectivity index (χ2n) is 9.08. The smallest absolute Gasteiger partial charge is 0.155 e. The van der Waals surface area contributed by atoms with E-state index in [0.717, 1.165) is 43.4 Å². The third-order valence-corrected chi connectivity index (χ3v) is 8.35. The van der Waals surface area contributed by atoms with E-state index in [1.807, 2.05) is 6.08 Å². The van der Waals surface area contributed by atoms with Crippen LogP contribution in [0.5, 0.6) is 0 Å². The monoisotopic (exact) mass is 316 g/mol. The van der Waals surface area contributed by atoms with Crippen molar-refractivity contribution in [2.24, 2.45) is 28.6 Å². The number of hydrogen-bond acceptors (Lipinski definition) is 2. The van der Waals surface area contributed by atoms with Gasteiger partial charge in [-0.25, -0.2) is 0 Å². The molecule has 4 aliphatic carbocycles. The summed E-state index contributed by atoms with van der Waals surface area (Å²) in [6.07, 6.45) is 13.3. The van der Waals surface area contributed by atoms with Gasteiger partial charge < -0.3 is 5.11 Å². The maximum absolute atomic E-state index is 11.9. The van der Waals surface area contributed by atoms with Gasteiger partial charge in [-0.3, -0.25) is 4.79 Å². The highest BCUT2D eigenvalue weighted by molar-refractivity contribution is 5.91. The van der Waals surface area contributed by atoms with E-state index in [4.69, 9.17) is 0 Å². The Hall–Kier alpha value is -0.630. The van der Waals surface area contributed by atoms with Crippen LogP contribution < -0.4 is 0 Å². The van der Waals surface area contributed by atoms with Crippen molar-refractivity contribution in [3.05, 3.63) is 11.6 Å². The van der Waals surface area contributed by atoms with E-state index in [0.29, 0.717) is 5.78 Å². The summed E-state index contributed by atoms with van der Waals surface area (Å²) >= 11 is 0. The number of fused-ring (bicyclic) bond motifs is 5. The first-order chi connectivity index (χ1) is 11.0. The van der Waals surface area contributed by atoms with Crippen LogP contribution in [0.15, 0.2) is 11.6 Å². The van der Waals surface area contributed by atoms with Crippen molar-refractivity contribution in [1.29, 1.82) is 0 Å². The van der Waals surface area contributed by atoms with E-state index in [2.05, 4.69) is 13.8 Å². The number of ketones is 1. The highest BCUT2D eigenvalue weighted by Gasteiger charge is 2.59. The van der Waals surface area contributed by atoms with Gasteiger partial charge in [0.05, 0.1) is 6.10 Å². The van der Waals surface area contributed by atoms with E-state index in [1.54, 1.807) is 0 Å². The fourth-order valence-electron chi connectivity index (χ4n) is 7.28. The van der Waals surface area contributed by atoms with Crippen molar-refractivity contribution in [3.8, 4) is 0 Å². The van der Waals surface area contributed by atoms with Gasteiger partial charge >= 0.3 is 0 Å². The van der Waals surface area contributed by atoms with Crippen LogP contribution >= 0.6 is 0 Å². The van der Waals surface area contributed by atoms with Crippen LogP contribution in [0.1, 0.15) is 78.1 Å². The molecule has 23 heavy (non-hydrogen) atoms. The summed E-state index contributed by atoms with van der Waals surface area (Å²) in [5.74, 6) is 2.61. The van der Waals surface area contributed by atoms with Gasteiger partial charge in [0.25, 0.3) is 0 Å². The van der Waals surface area contributed by atoms with Gasteiger partial charge in [0.1, 0.15) is 0 Å². The van der Waals surface area contributed by atoms with Crippen LogP contribution in [0, 0.1) is 28.6 Å². The minimum absolute atomic E-state index is 0.0638. The van der Waals surface area contributed by atoms with Gasteiger partial charge in [-0.05, 0) is 86.0 Å². The zero-order valence-corrected chi connectivity index (χ0v) is 14.8. The van der Waals surface area contributed by atoms with Crippen LogP contribution in [0.3, 0.4) is 0 Å². The molecule has 0 unspecified atom stereocenters. The molecule has 0 saturated heterocycles. The summed E-state index contributed by atoms with van der Waals surface area (Å²) in [5, 5.41) is 10.8. The molecule has 1 N–H and O–H groups in total. The third-order valence-electron chi connectivity index (χ3n) is 8.35. The van der Waals surface area contributed by atoms with Gasteiger partial charge in [-0.2, -0.15) is 0 Å². The Kier molecular flexibility index (Phi) is 3.75. The molecule has 0 aromatic heterocycles. The molecule has 0 heterocycles. The maximum Gasteiger partial charge on any atom is 0.155 e. The summed E-state index contributed by atoms with van der Waals surface area (Å²) in [5.41, 5.74) is 1.94. The average molecular weight is 316 g/mol. The number of allylic oxidation sites excluding steroid dienone is 1. The maximum atomic E-state index is 11.9. The quantitative estimate of drug-likeness (QED) is 0.804. The summed E-state index contributed by atoms with van der Waals surface area (Å²) in [7, 11) is 0. The third kappa shape index (κ3) is 2.13. The van der Waals surface area contributed by atoms with Crippen LogP contribution in [-0.2, 0) is 4.79 Å². The van der Waals surface area contributed by atoms with E-state index >= 15 is 0 Å². The lowest BCUT2D eigenvalue weighted by Gasteiger charge is -2.58. The molecule has 4 rings (SSSR count). The van der Waals surface area contributed by atoms with E-state index in [9.17, 15) is 9.90 Å². The molecular formula is C21H32O2. The minimum Gasteiger partial charge on any atom is -0.393 e. The molecule has 0 aliphatic heterocycles. The molecule has 0 radical (unpaired) electrons. The predicted octanol–water partition coefficient (Wildman–Crippen LogP) is 4.66. The number of carbonyl (C=O) groups excluding carboxylic acids is 1. The summed E-state index contributed by atoms with van der Waals surface area (Å²) in [6, 6.07) is 0. The molecule has 3 saturated carbocycles. The second-order valence-corrected chi connectivity index (χ2v) is 9.08. The Morgan fingerprint density at radius 3 is 2.74 bits per heavy atom.